The number of hydrogen-bond donors (Lipinski definition) is 0. The fraction of sp³-hybridized carbons (Fsp3) is 0.109. The lowest BCUT2D eigenvalue weighted by Crippen LogP contribution is -2.44. The predicted molar refractivity (Wildman–Crippen MR) is 208 cm³/mol. The number of thiophene rings is 1. The number of rotatable bonds is 4. The maximum Gasteiger partial charge on any atom is 0.164 e. The third-order valence-electron chi connectivity index (χ3n) is 10.7. The molecule has 6 aromatic carbocycles. The standard InChI is InChI=1S/C46H33N3S/c1-46(2)38-21-10-9-17-32(38)34-25-24-31(33-18-12-22-39(46)41(33)34)35-19-11-20-36-37-27-30(23-26-40(37)50-42(35)36)45-48-43(28-13-5-3-6-14-28)47-44(49-45)29-15-7-4-8-16-29/h3-23,26-27H,24-25H2,1-2H3. The summed E-state index contributed by atoms with van der Waals surface area (Å²) in [5.74, 6) is 2.03. The molecule has 0 radical (unpaired) electrons. The van der Waals surface area contributed by atoms with Gasteiger partial charge in [-0.25, -0.2) is 15.0 Å². The highest BCUT2D eigenvalue weighted by Gasteiger charge is 2.34. The molecule has 2 heterocycles. The first-order chi connectivity index (χ1) is 24.5. The zero-order chi connectivity index (χ0) is 33.4. The molecule has 2 aliphatic carbocycles. The van der Waals surface area contributed by atoms with Gasteiger partial charge in [0.1, 0.15) is 0 Å². The van der Waals surface area contributed by atoms with Crippen molar-refractivity contribution < 1.29 is 0 Å². The minimum atomic E-state index is -0.0519. The van der Waals surface area contributed by atoms with Crippen molar-refractivity contribution >= 4 is 42.7 Å². The fourth-order valence-electron chi connectivity index (χ4n) is 8.26. The summed E-state index contributed by atoms with van der Waals surface area (Å²) in [6.07, 6.45) is 2.07. The molecule has 2 aromatic heterocycles. The number of benzene rings is 6. The summed E-state index contributed by atoms with van der Waals surface area (Å²) in [4.78, 5) is 14.9. The van der Waals surface area contributed by atoms with Crippen molar-refractivity contribution in [3.05, 3.63) is 172 Å². The molecule has 0 aliphatic heterocycles. The van der Waals surface area contributed by atoms with Gasteiger partial charge in [-0.3, -0.25) is 0 Å². The summed E-state index contributed by atoms with van der Waals surface area (Å²) in [6, 6.07) is 49.9. The minimum Gasteiger partial charge on any atom is -0.208 e. The lowest BCUT2D eigenvalue weighted by molar-refractivity contribution is 0.624. The van der Waals surface area contributed by atoms with Crippen molar-refractivity contribution in [1.82, 2.24) is 15.0 Å². The molecule has 0 unspecified atom stereocenters. The second kappa shape index (κ2) is 11.2. The topological polar surface area (TPSA) is 38.7 Å². The average molecular weight is 660 g/mol. The Hall–Kier alpha value is -5.71. The third kappa shape index (κ3) is 4.45. The molecule has 0 fully saturated rings. The summed E-state index contributed by atoms with van der Waals surface area (Å²) in [5, 5.41) is 5.36. The first-order valence-electron chi connectivity index (χ1n) is 17.3. The molecule has 8 aromatic rings. The summed E-state index contributed by atoms with van der Waals surface area (Å²) >= 11 is 1.89. The minimum absolute atomic E-state index is 0.0519. The summed E-state index contributed by atoms with van der Waals surface area (Å²) in [7, 11) is 0. The van der Waals surface area contributed by atoms with E-state index in [0.29, 0.717) is 17.5 Å². The molecule has 0 spiro atoms. The predicted octanol–water partition coefficient (Wildman–Crippen LogP) is 10.1. The number of aromatic nitrogens is 3. The Labute approximate surface area is 295 Å². The van der Waals surface area contributed by atoms with Crippen LogP contribution in [0.5, 0.6) is 0 Å². The Morgan fingerprint density at radius 1 is 0.500 bits per heavy atom. The van der Waals surface area contributed by atoms with Gasteiger partial charge in [0.15, 0.2) is 17.5 Å². The van der Waals surface area contributed by atoms with Crippen molar-refractivity contribution in [1.29, 1.82) is 0 Å². The van der Waals surface area contributed by atoms with Crippen molar-refractivity contribution in [3.8, 4) is 34.2 Å². The van der Waals surface area contributed by atoms with E-state index in [1.165, 1.54) is 64.0 Å². The molecule has 0 saturated carbocycles. The molecule has 10 rings (SSSR count). The van der Waals surface area contributed by atoms with Gasteiger partial charge >= 0.3 is 0 Å². The maximum atomic E-state index is 5.02. The van der Waals surface area contributed by atoms with Crippen molar-refractivity contribution in [2.75, 3.05) is 0 Å². The zero-order valence-electron chi connectivity index (χ0n) is 27.9. The molecule has 0 N–H and O–H groups in total. The molecular formula is C46H33N3S. The Kier molecular flexibility index (Phi) is 6.52. The van der Waals surface area contributed by atoms with Crippen LogP contribution in [0.25, 0.3) is 65.5 Å². The van der Waals surface area contributed by atoms with Crippen LogP contribution in [0.2, 0.25) is 0 Å². The third-order valence-corrected chi connectivity index (χ3v) is 11.9. The van der Waals surface area contributed by atoms with Crippen LogP contribution in [-0.4, -0.2) is 15.0 Å². The first-order valence-corrected chi connectivity index (χ1v) is 18.1. The van der Waals surface area contributed by atoms with Crippen LogP contribution in [0.4, 0.5) is 0 Å². The largest absolute Gasteiger partial charge is 0.208 e. The average Bonchev–Trinajstić information content (AvgIpc) is 3.56. The molecular weight excluding hydrogens is 627 g/mol. The molecule has 2 aliphatic rings. The Bertz CT molecular complexity index is 2720. The lowest BCUT2D eigenvalue weighted by atomic mass is 9.67. The maximum absolute atomic E-state index is 5.02. The highest BCUT2D eigenvalue weighted by Crippen LogP contribution is 2.43. The Balaban J connectivity index is 1.17. The van der Waals surface area contributed by atoms with E-state index < -0.39 is 0 Å². The molecule has 50 heavy (non-hydrogen) atoms. The van der Waals surface area contributed by atoms with Gasteiger partial charge in [-0.05, 0) is 74.9 Å². The number of hydrogen-bond acceptors (Lipinski definition) is 4. The van der Waals surface area contributed by atoms with E-state index in [1.807, 2.05) is 47.7 Å². The van der Waals surface area contributed by atoms with Gasteiger partial charge in [0.05, 0.1) is 0 Å². The Morgan fingerprint density at radius 2 is 1.10 bits per heavy atom. The summed E-state index contributed by atoms with van der Waals surface area (Å²) in [6.45, 7) is 4.77. The number of fused-ring (bicyclic) bond motifs is 5. The monoisotopic (exact) mass is 659 g/mol. The van der Waals surface area contributed by atoms with Crippen LogP contribution in [-0.2, 0) is 5.41 Å². The van der Waals surface area contributed by atoms with Crippen LogP contribution in [0.3, 0.4) is 0 Å². The SMILES string of the molecule is CC1(C)c2ccccc2C2=c3c1cccc3=C(c1cccc3c1sc1ccc(-c4nc(-c5ccccc5)nc(-c5ccccc5)n4)cc13)CC2. The molecule has 0 bridgehead atoms. The normalized spacial score (nSPS) is 14.5. The smallest absolute Gasteiger partial charge is 0.164 e. The van der Waals surface area contributed by atoms with Crippen molar-refractivity contribution in [2.24, 2.45) is 0 Å². The van der Waals surface area contributed by atoms with E-state index in [-0.39, 0.29) is 5.41 Å². The molecule has 238 valence electrons. The molecule has 0 amide bonds. The first kappa shape index (κ1) is 29.2. The van der Waals surface area contributed by atoms with Crippen LogP contribution in [0, 0.1) is 0 Å². The van der Waals surface area contributed by atoms with E-state index in [1.54, 1.807) is 0 Å². The fourth-order valence-corrected chi connectivity index (χ4v) is 9.48. The molecule has 4 heteroatoms. The van der Waals surface area contributed by atoms with E-state index in [9.17, 15) is 0 Å². The summed E-state index contributed by atoms with van der Waals surface area (Å²) in [5.41, 5.74) is 11.5. The molecule has 3 nitrogen and oxygen atoms in total. The van der Waals surface area contributed by atoms with Crippen LogP contribution >= 0.6 is 11.3 Å². The van der Waals surface area contributed by atoms with E-state index in [0.717, 1.165) is 29.5 Å². The van der Waals surface area contributed by atoms with Gasteiger partial charge in [-0.1, -0.05) is 135 Å². The van der Waals surface area contributed by atoms with E-state index in [2.05, 4.69) is 117 Å². The highest BCUT2D eigenvalue weighted by molar-refractivity contribution is 7.26. The number of nitrogens with zero attached hydrogens (tertiary/aromatic N) is 3. The van der Waals surface area contributed by atoms with E-state index >= 15 is 0 Å². The van der Waals surface area contributed by atoms with Gasteiger partial charge < -0.3 is 0 Å². The summed E-state index contributed by atoms with van der Waals surface area (Å²) < 4.78 is 2.61. The van der Waals surface area contributed by atoms with E-state index in [4.69, 9.17) is 15.0 Å². The molecule has 0 atom stereocenters. The van der Waals surface area contributed by atoms with Crippen LogP contribution < -0.4 is 10.4 Å². The van der Waals surface area contributed by atoms with Crippen LogP contribution in [0.1, 0.15) is 48.9 Å². The molecule has 0 saturated heterocycles. The van der Waals surface area contributed by atoms with Gasteiger partial charge in [-0.15, -0.1) is 11.3 Å². The second-order valence-corrected chi connectivity index (χ2v) is 14.9. The zero-order valence-corrected chi connectivity index (χ0v) is 28.8. The lowest BCUT2D eigenvalue weighted by Gasteiger charge is -2.36. The van der Waals surface area contributed by atoms with Gasteiger partial charge in [-0.2, -0.15) is 0 Å². The van der Waals surface area contributed by atoms with Crippen LogP contribution in [0.15, 0.2) is 140 Å². The second-order valence-electron chi connectivity index (χ2n) is 13.9. The Morgan fingerprint density at radius 3 is 1.84 bits per heavy atom. The van der Waals surface area contributed by atoms with Gasteiger partial charge in [0.2, 0.25) is 0 Å². The van der Waals surface area contributed by atoms with Crippen molar-refractivity contribution in [3.63, 3.8) is 0 Å². The van der Waals surface area contributed by atoms with Gasteiger partial charge in [0.25, 0.3) is 0 Å². The quantitative estimate of drug-likeness (QED) is 0.189. The van der Waals surface area contributed by atoms with Gasteiger partial charge in [0, 0.05) is 42.3 Å². The van der Waals surface area contributed by atoms with Crippen molar-refractivity contribution in [2.45, 2.75) is 32.1 Å². The highest BCUT2D eigenvalue weighted by atomic mass is 32.1.